The van der Waals surface area contributed by atoms with Gasteiger partial charge in [-0.05, 0) is 12.1 Å². The second kappa shape index (κ2) is 4.12. The van der Waals surface area contributed by atoms with Gasteiger partial charge in [-0.1, -0.05) is 12.1 Å². The number of aromatic nitrogens is 2. The summed E-state index contributed by atoms with van der Waals surface area (Å²) in [5.41, 5.74) is 4.86. The molecular formula is C10H7FN4O2. The molecule has 0 bridgehead atoms. The highest BCUT2D eigenvalue weighted by Gasteiger charge is 2.20. The first-order valence-electron chi connectivity index (χ1n) is 4.61. The molecule has 0 saturated carbocycles. The molecule has 0 unspecified atom stereocenters. The summed E-state index contributed by atoms with van der Waals surface area (Å²) >= 11 is 0. The van der Waals surface area contributed by atoms with E-state index in [2.05, 4.69) is 9.97 Å². The van der Waals surface area contributed by atoms with Crippen LogP contribution in [0.4, 0.5) is 16.0 Å². The van der Waals surface area contributed by atoms with E-state index in [4.69, 9.17) is 5.73 Å². The second-order valence-electron chi connectivity index (χ2n) is 3.20. The summed E-state index contributed by atoms with van der Waals surface area (Å²) in [6.45, 7) is 0. The Morgan fingerprint density at radius 3 is 2.71 bits per heavy atom. The molecule has 1 aromatic carbocycles. The number of hydrogen-bond donors (Lipinski definition) is 1. The van der Waals surface area contributed by atoms with Crippen LogP contribution >= 0.6 is 0 Å². The Morgan fingerprint density at radius 1 is 1.35 bits per heavy atom. The van der Waals surface area contributed by atoms with Gasteiger partial charge in [0.25, 0.3) is 0 Å². The molecule has 0 radical (unpaired) electrons. The third-order valence-electron chi connectivity index (χ3n) is 2.11. The number of benzene rings is 1. The van der Waals surface area contributed by atoms with Crippen LogP contribution in [0.5, 0.6) is 0 Å². The van der Waals surface area contributed by atoms with E-state index in [0.29, 0.717) is 0 Å². The maximum atomic E-state index is 13.5. The van der Waals surface area contributed by atoms with Gasteiger partial charge in [0.1, 0.15) is 12.0 Å². The summed E-state index contributed by atoms with van der Waals surface area (Å²) < 4.78 is 13.5. The van der Waals surface area contributed by atoms with Crippen molar-refractivity contribution < 1.29 is 9.31 Å². The largest absolute Gasteiger partial charge is 0.368 e. The minimum absolute atomic E-state index is 0.0216. The lowest BCUT2D eigenvalue weighted by molar-refractivity contribution is -0.384. The van der Waals surface area contributed by atoms with Gasteiger partial charge < -0.3 is 5.73 Å². The molecule has 0 aliphatic carbocycles. The van der Waals surface area contributed by atoms with Crippen LogP contribution in [0.1, 0.15) is 0 Å². The first-order valence-corrected chi connectivity index (χ1v) is 4.61. The SMILES string of the molecule is Nc1ncc([N+](=O)[O-])c(-c2ccccc2F)n1. The molecule has 17 heavy (non-hydrogen) atoms. The van der Waals surface area contributed by atoms with Crippen molar-refractivity contribution >= 4 is 11.6 Å². The van der Waals surface area contributed by atoms with Crippen LogP contribution in [0.15, 0.2) is 30.5 Å². The van der Waals surface area contributed by atoms with E-state index >= 15 is 0 Å². The Kier molecular flexibility index (Phi) is 2.65. The van der Waals surface area contributed by atoms with Crippen molar-refractivity contribution in [3.63, 3.8) is 0 Å². The third kappa shape index (κ3) is 2.03. The van der Waals surface area contributed by atoms with E-state index in [9.17, 15) is 14.5 Å². The van der Waals surface area contributed by atoms with E-state index in [1.165, 1.54) is 18.2 Å². The van der Waals surface area contributed by atoms with Crippen molar-refractivity contribution in [2.75, 3.05) is 5.73 Å². The van der Waals surface area contributed by atoms with E-state index in [1.807, 2.05) is 0 Å². The molecule has 0 saturated heterocycles. The Morgan fingerprint density at radius 2 is 2.06 bits per heavy atom. The van der Waals surface area contributed by atoms with Crippen LogP contribution in [0.25, 0.3) is 11.3 Å². The maximum absolute atomic E-state index is 13.5. The Hall–Kier alpha value is -2.57. The minimum atomic E-state index is -0.679. The van der Waals surface area contributed by atoms with Crippen LogP contribution in [0.3, 0.4) is 0 Å². The number of nitrogen functional groups attached to an aromatic ring is 1. The molecule has 86 valence electrons. The zero-order valence-electron chi connectivity index (χ0n) is 8.50. The summed E-state index contributed by atoms with van der Waals surface area (Å²) in [7, 11) is 0. The van der Waals surface area contributed by atoms with Crippen molar-refractivity contribution in [2.24, 2.45) is 0 Å². The maximum Gasteiger partial charge on any atom is 0.313 e. The van der Waals surface area contributed by atoms with Crippen molar-refractivity contribution in [1.82, 2.24) is 9.97 Å². The highest BCUT2D eigenvalue weighted by molar-refractivity contribution is 5.70. The van der Waals surface area contributed by atoms with Crippen LogP contribution in [-0.2, 0) is 0 Å². The van der Waals surface area contributed by atoms with E-state index in [1.54, 1.807) is 6.07 Å². The normalized spacial score (nSPS) is 10.2. The predicted molar refractivity (Wildman–Crippen MR) is 58.5 cm³/mol. The van der Waals surface area contributed by atoms with Gasteiger partial charge in [-0.15, -0.1) is 0 Å². The third-order valence-corrected chi connectivity index (χ3v) is 2.11. The van der Waals surface area contributed by atoms with Crippen molar-refractivity contribution in [3.05, 3.63) is 46.4 Å². The Bertz CT molecular complexity index is 588. The summed E-state index contributed by atoms with van der Waals surface area (Å²) in [4.78, 5) is 17.3. The Balaban J connectivity index is 2.70. The fourth-order valence-corrected chi connectivity index (χ4v) is 1.37. The number of nitro groups is 1. The molecule has 1 heterocycles. The van der Waals surface area contributed by atoms with Gasteiger partial charge in [0.05, 0.1) is 4.92 Å². The average molecular weight is 234 g/mol. The van der Waals surface area contributed by atoms with Gasteiger partial charge in [-0.3, -0.25) is 10.1 Å². The van der Waals surface area contributed by atoms with Crippen molar-refractivity contribution in [1.29, 1.82) is 0 Å². The Labute approximate surface area is 95.1 Å². The topological polar surface area (TPSA) is 94.9 Å². The zero-order valence-corrected chi connectivity index (χ0v) is 8.50. The summed E-state index contributed by atoms with van der Waals surface area (Å²) in [6.07, 6.45) is 0.962. The molecule has 2 aromatic rings. The zero-order chi connectivity index (χ0) is 12.4. The number of hydrogen-bond acceptors (Lipinski definition) is 5. The van der Waals surface area contributed by atoms with E-state index < -0.39 is 10.7 Å². The van der Waals surface area contributed by atoms with Gasteiger partial charge in [0, 0.05) is 5.56 Å². The van der Waals surface area contributed by atoms with Gasteiger partial charge in [-0.25, -0.2) is 14.4 Å². The fourth-order valence-electron chi connectivity index (χ4n) is 1.37. The molecule has 0 aliphatic rings. The molecule has 0 spiro atoms. The average Bonchev–Trinajstić information content (AvgIpc) is 2.29. The monoisotopic (exact) mass is 234 g/mol. The molecule has 6 nitrogen and oxygen atoms in total. The molecule has 0 fully saturated rings. The number of nitrogens with zero attached hydrogens (tertiary/aromatic N) is 3. The quantitative estimate of drug-likeness (QED) is 0.631. The highest BCUT2D eigenvalue weighted by atomic mass is 19.1. The molecule has 2 N–H and O–H groups in total. The lowest BCUT2D eigenvalue weighted by Gasteiger charge is -2.03. The highest BCUT2D eigenvalue weighted by Crippen LogP contribution is 2.29. The molecule has 2 rings (SSSR count). The lowest BCUT2D eigenvalue weighted by atomic mass is 10.1. The second-order valence-corrected chi connectivity index (χ2v) is 3.20. The molecule has 7 heteroatoms. The summed E-state index contributed by atoms with van der Waals surface area (Å²) in [5.74, 6) is -0.748. The lowest BCUT2D eigenvalue weighted by Crippen LogP contribution is -2.01. The molecular weight excluding hydrogens is 227 g/mol. The van der Waals surface area contributed by atoms with Crippen LogP contribution in [0.2, 0.25) is 0 Å². The smallest absolute Gasteiger partial charge is 0.313 e. The molecule has 0 atom stereocenters. The molecule has 0 aliphatic heterocycles. The summed E-state index contributed by atoms with van der Waals surface area (Å²) in [5, 5.41) is 10.8. The minimum Gasteiger partial charge on any atom is -0.368 e. The number of rotatable bonds is 2. The summed E-state index contributed by atoms with van der Waals surface area (Å²) in [6, 6.07) is 5.62. The van der Waals surface area contributed by atoms with Gasteiger partial charge in [-0.2, -0.15) is 0 Å². The number of halogens is 1. The number of anilines is 1. The van der Waals surface area contributed by atoms with E-state index in [0.717, 1.165) is 6.20 Å². The first kappa shape index (κ1) is 10.9. The molecule has 0 amide bonds. The van der Waals surface area contributed by atoms with Crippen LogP contribution in [0, 0.1) is 15.9 Å². The first-order chi connectivity index (χ1) is 8.09. The van der Waals surface area contributed by atoms with Crippen LogP contribution in [-0.4, -0.2) is 14.9 Å². The number of nitrogens with two attached hydrogens (primary N) is 1. The van der Waals surface area contributed by atoms with Gasteiger partial charge in [0.15, 0.2) is 5.69 Å². The fraction of sp³-hybridized carbons (Fsp3) is 0. The van der Waals surface area contributed by atoms with Gasteiger partial charge >= 0.3 is 5.69 Å². The standard InChI is InChI=1S/C10H7FN4O2/c11-7-4-2-1-3-6(7)9-8(15(16)17)5-13-10(12)14-9/h1-5H,(H2,12,13,14). The molecule has 1 aromatic heterocycles. The van der Waals surface area contributed by atoms with Crippen molar-refractivity contribution in [3.8, 4) is 11.3 Å². The van der Waals surface area contributed by atoms with E-state index in [-0.39, 0.29) is 22.9 Å². The van der Waals surface area contributed by atoms with Gasteiger partial charge in [0.2, 0.25) is 5.95 Å². The van der Waals surface area contributed by atoms with Crippen molar-refractivity contribution in [2.45, 2.75) is 0 Å². The van der Waals surface area contributed by atoms with Crippen LogP contribution < -0.4 is 5.73 Å². The predicted octanol–water partition coefficient (Wildman–Crippen LogP) is 1.77.